The Morgan fingerprint density at radius 1 is 1.40 bits per heavy atom. The molecule has 0 bridgehead atoms. The van der Waals surface area contributed by atoms with Gasteiger partial charge in [0.15, 0.2) is 5.17 Å². The first kappa shape index (κ1) is 19.1. The van der Waals surface area contributed by atoms with E-state index in [0.717, 1.165) is 37.0 Å². The number of carbonyl (C=O) groups excluding carboxylic acids is 1. The number of aliphatic carboxylic acids is 1. The van der Waals surface area contributed by atoms with Crippen LogP contribution in [0, 0.1) is 0 Å². The van der Waals surface area contributed by atoms with Gasteiger partial charge in [0.05, 0.1) is 12.6 Å². The summed E-state index contributed by atoms with van der Waals surface area (Å²) in [5.41, 5.74) is 2.12. The van der Waals surface area contributed by atoms with Crippen molar-refractivity contribution in [2.24, 2.45) is 10.2 Å². The normalized spacial score (nSPS) is 19.1. The van der Waals surface area contributed by atoms with E-state index in [1.807, 2.05) is 12.1 Å². The average Bonchev–Trinajstić information content (AvgIpc) is 2.92. The van der Waals surface area contributed by atoms with E-state index in [9.17, 15) is 9.59 Å². The van der Waals surface area contributed by atoms with Gasteiger partial charge in [-0.05, 0) is 30.3 Å². The molecule has 1 unspecified atom stereocenters. The molecule has 134 valence electrons. The minimum atomic E-state index is -1.01. The van der Waals surface area contributed by atoms with Crippen LogP contribution < -0.4 is 5.32 Å². The molecule has 1 saturated heterocycles. The number of thioether (sulfide) groups is 1. The zero-order valence-electron chi connectivity index (χ0n) is 14.3. The summed E-state index contributed by atoms with van der Waals surface area (Å²) < 4.78 is 0. The molecule has 7 nitrogen and oxygen atoms in total. The van der Waals surface area contributed by atoms with Crippen molar-refractivity contribution in [3.63, 3.8) is 0 Å². The number of benzene rings is 1. The predicted molar refractivity (Wildman–Crippen MR) is 99.9 cm³/mol. The van der Waals surface area contributed by atoms with Crippen LogP contribution in [0.2, 0.25) is 0 Å². The molecule has 1 aromatic carbocycles. The number of carboxylic acid groups (broad SMARTS) is 1. The van der Waals surface area contributed by atoms with Gasteiger partial charge < -0.3 is 10.4 Å². The van der Waals surface area contributed by atoms with E-state index in [1.165, 1.54) is 5.56 Å². The van der Waals surface area contributed by atoms with E-state index >= 15 is 0 Å². The molecule has 1 atom stereocenters. The number of nitrogens with one attached hydrogen (secondary N) is 1. The summed E-state index contributed by atoms with van der Waals surface area (Å²) in [5.74, 6) is -1.36. The topological polar surface area (TPSA) is 94.4 Å². The lowest BCUT2D eigenvalue weighted by molar-refractivity contribution is -0.138. The van der Waals surface area contributed by atoms with E-state index in [4.69, 9.17) is 5.11 Å². The average molecular weight is 362 g/mol. The van der Waals surface area contributed by atoms with Gasteiger partial charge in [0, 0.05) is 6.54 Å². The summed E-state index contributed by atoms with van der Waals surface area (Å²) >= 11 is 1.09. The van der Waals surface area contributed by atoms with Gasteiger partial charge in [-0.2, -0.15) is 5.10 Å². The van der Waals surface area contributed by atoms with Crippen molar-refractivity contribution in [1.82, 2.24) is 10.2 Å². The molecule has 1 heterocycles. The predicted octanol–water partition coefficient (Wildman–Crippen LogP) is 1.92. The van der Waals surface area contributed by atoms with Crippen LogP contribution in [-0.2, 0) is 16.1 Å². The third-order valence-electron chi connectivity index (χ3n) is 3.74. The van der Waals surface area contributed by atoms with Crippen molar-refractivity contribution in [2.45, 2.75) is 32.1 Å². The molecular weight excluding hydrogens is 340 g/mol. The maximum atomic E-state index is 11.6. The van der Waals surface area contributed by atoms with Gasteiger partial charge in [0.1, 0.15) is 5.25 Å². The number of hydrogen-bond donors (Lipinski definition) is 2. The SMILES string of the molecule is CCN(CC)Cc1cccc(C=NN=C2NC(=O)C(CC(=O)O)S2)c1. The van der Waals surface area contributed by atoms with Gasteiger partial charge in [-0.3, -0.25) is 14.5 Å². The summed E-state index contributed by atoms with van der Waals surface area (Å²) in [6.45, 7) is 7.14. The second-order valence-electron chi connectivity index (χ2n) is 5.55. The number of hydrogen-bond acceptors (Lipinski definition) is 6. The Morgan fingerprint density at radius 2 is 2.16 bits per heavy atom. The minimum Gasteiger partial charge on any atom is -0.481 e. The van der Waals surface area contributed by atoms with Crippen molar-refractivity contribution >= 4 is 35.0 Å². The minimum absolute atomic E-state index is 0.230. The number of amides is 1. The monoisotopic (exact) mass is 362 g/mol. The van der Waals surface area contributed by atoms with E-state index in [-0.39, 0.29) is 12.3 Å². The molecule has 0 saturated carbocycles. The highest BCUT2D eigenvalue weighted by atomic mass is 32.2. The van der Waals surface area contributed by atoms with Crippen LogP contribution >= 0.6 is 11.8 Å². The third-order valence-corrected chi connectivity index (χ3v) is 4.82. The van der Waals surface area contributed by atoms with Crippen molar-refractivity contribution in [3.8, 4) is 0 Å². The number of rotatable bonds is 8. The number of carbonyl (C=O) groups is 2. The lowest BCUT2D eigenvalue weighted by atomic mass is 10.1. The van der Waals surface area contributed by atoms with Crippen molar-refractivity contribution in [2.75, 3.05) is 13.1 Å². The van der Waals surface area contributed by atoms with Gasteiger partial charge in [-0.1, -0.05) is 43.8 Å². The maximum absolute atomic E-state index is 11.6. The molecule has 1 aliphatic heterocycles. The van der Waals surface area contributed by atoms with Crippen LogP contribution in [-0.4, -0.2) is 51.6 Å². The lowest BCUT2D eigenvalue weighted by Gasteiger charge is -2.17. The summed E-state index contributed by atoms with van der Waals surface area (Å²) in [4.78, 5) is 24.6. The van der Waals surface area contributed by atoms with Gasteiger partial charge in [0.2, 0.25) is 5.91 Å². The fourth-order valence-electron chi connectivity index (χ4n) is 2.37. The second-order valence-corrected chi connectivity index (χ2v) is 6.74. The Balaban J connectivity index is 1.98. The van der Waals surface area contributed by atoms with E-state index in [2.05, 4.69) is 46.4 Å². The van der Waals surface area contributed by atoms with Gasteiger partial charge in [-0.25, -0.2) is 0 Å². The van der Waals surface area contributed by atoms with Crippen LogP contribution in [0.15, 0.2) is 34.5 Å². The molecule has 0 aliphatic carbocycles. The molecule has 1 aromatic rings. The fraction of sp³-hybridized carbons (Fsp3) is 0.412. The highest BCUT2D eigenvalue weighted by molar-refractivity contribution is 8.15. The Bertz CT molecular complexity index is 686. The first-order valence-corrected chi connectivity index (χ1v) is 9.01. The van der Waals surface area contributed by atoms with E-state index in [1.54, 1.807) is 6.21 Å². The number of amidine groups is 1. The maximum Gasteiger partial charge on any atom is 0.305 e. The molecular formula is C17H22N4O3S. The summed E-state index contributed by atoms with van der Waals surface area (Å²) in [6.07, 6.45) is 1.39. The molecule has 2 N–H and O–H groups in total. The van der Waals surface area contributed by atoms with Gasteiger partial charge in [-0.15, -0.1) is 5.10 Å². The first-order valence-electron chi connectivity index (χ1n) is 8.13. The zero-order chi connectivity index (χ0) is 18.2. The quantitative estimate of drug-likeness (QED) is 0.544. The Labute approximate surface area is 151 Å². The zero-order valence-corrected chi connectivity index (χ0v) is 15.1. The van der Waals surface area contributed by atoms with Crippen LogP contribution in [0.1, 0.15) is 31.4 Å². The Kier molecular flexibility index (Phi) is 7.15. The Morgan fingerprint density at radius 3 is 2.84 bits per heavy atom. The lowest BCUT2D eigenvalue weighted by Crippen LogP contribution is -2.26. The smallest absolute Gasteiger partial charge is 0.305 e. The number of nitrogens with zero attached hydrogens (tertiary/aromatic N) is 3. The Hall–Kier alpha value is -2.19. The van der Waals surface area contributed by atoms with Crippen molar-refractivity contribution < 1.29 is 14.7 Å². The van der Waals surface area contributed by atoms with Crippen LogP contribution in [0.25, 0.3) is 0 Å². The molecule has 0 spiro atoms. The second kappa shape index (κ2) is 9.33. The molecule has 1 fully saturated rings. The first-order chi connectivity index (χ1) is 12.0. The fourth-order valence-corrected chi connectivity index (χ4v) is 3.29. The molecule has 25 heavy (non-hydrogen) atoms. The summed E-state index contributed by atoms with van der Waals surface area (Å²) in [7, 11) is 0. The summed E-state index contributed by atoms with van der Waals surface area (Å²) in [5, 5.41) is 18.9. The van der Waals surface area contributed by atoms with Crippen LogP contribution in [0.5, 0.6) is 0 Å². The molecule has 1 amide bonds. The third kappa shape index (κ3) is 5.99. The van der Waals surface area contributed by atoms with Gasteiger partial charge in [0.25, 0.3) is 0 Å². The number of carboxylic acids is 1. The van der Waals surface area contributed by atoms with Crippen LogP contribution in [0.3, 0.4) is 0 Å². The molecule has 2 rings (SSSR count). The van der Waals surface area contributed by atoms with Gasteiger partial charge >= 0.3 is 5.97 Å². The summed E-state index contributed by atoms with van der Waals surface area (Å²) in [6, 6.07) is 8.03. The van der Waals surface area contributed by atoms with Crippen LogP contribution in [0.4, 0.5) is 0 Å². The molecule has 0 radical (unpaired) electrons. The standard InChI is InChI=1S/C17H22N4O3S/c1-3-21(4-2)11-13-7-5-6-12(8-13)10-18-20-17-19-16(24)14(25-17)9-15(22)23/h5-8,10,14H,3-4,9,11H2,1-2H3,(H,22,23)(H,19,20,24). The van der Waals surface area contributed by atoms with Crippen molar-refractivity contribution in [1.29, 1.82) is 0 Å². The molecule has 1 aliphatic rings. The molecule has 0 aromatic heterocycles. The van der Waals surface area contributed by atoms with E-state index in [0.29, 0.717) is 5.17 Å². The highest BCUT2D eigenvalue weighted by Gasteiger charge is 2.32. The molecule has 8 heteroatoms. The van der Waals surface area contributed by atoms with E-state index < -0.39 is 11.2 Å². The largest absolute Gasteiger partial charge is 0.481 e. The van der Waals surface area contributed by atoms with Crippen molar-refractivity contribution in [3.05, 3.63) is 35.4 Å². The highest BCUT2D eigenvalue weighted by Crippen LogP contribution is 2.22.